The molecule has 1 heterocycles. The molecule has 3 nitrogen and oxygen atoms in total. The Morgan fingerprint density at radius 2 is 2.45 bits per heavy atom. The Balaban J connectivity index is 3.12. The van der Waals surface area contributed by atoms with Gasteiger partial charge in [-0.1, -0.05) is 17.7 Å². The Morgan fingerprint density at radius 3 is 3.09 bits per heavy atom. The maximum atomic E-state index is 11.0. The molecule has 1 rings (SSSR count). The fraction of sp³-hybridized carbons (Fsp3) is 0.143. The van der Waals surface area contributed by atoms with Crippen LogP contribution in [0, 0.1) is 0 Å². The molecule has 1 aromatic rings. The molecule has 0 radical (unpaired) electrons. The second-order valence-corrected chi connectivity index (χ2v) is 2.35. The zero-order chi connectivity index (χ0) is 8.27. The van der Waals surface area contributed by atoms with E-state index in [1.165, 1.54) is 16.8 Å². The van der Waals surface area contributed by atoms with Crippen molar-refractivity contribution >= 4 is 11.6 Å². The zero-order valence-electron chi connectivity index (χ0n) is 5.83. The van der Waals surface area contributed by atoms with Crippen LogP contribution in [0.4, 0.5) is 0 Å². The van der Waals surface area contributed by atoms with E-state index in [1.54, 1.807) is 6.08 Å². The van der Waals surface area contributed by atoms with Crippen LogP contribution < -0.4 is 5.56 Å². The summed E-state index contributed by atoms with van der Waals surface area (Å²) >= 11 is 5.55. The first-order valence-electron chi connectivity index (χ1n) is 3.08. The van der Waals surface area contributed by atoms with Gasteiger partial charge in [-0.2, -0.15) is 5.10 Å². The fourth-order valence-electron chi connectivity index (χ4n) is 0.677. The highest BCUT2D eigenvalue weighted by Crippen LogP contribution is 1.97. The molecule has 0 saturated heterocycles. The van der Waals surface area contributed by atoms with Crippen LogP contribution in [0.25, 0.3) is 0 Å². The van der Waals surface area contributed by atoms with Crippen molar-refractivity contribution in [3.8, 4) is 0 Å². The predicted molar refractivity (Wildman–Crippen MR) is 43.7 cm³/mol. The zero-order valence-corrected chi connectivity index (χ0v) is 6.58. The van der Waals surface area contributed by atoms with Gasteiger partial charge in [0.1, 0.15) is 5.15 Å². The maximum Gasteiger partial charge on any atom is 0.267 e. The number of allylic oxidation sites excluding steroid dienone is 1. The summed E-state index contributed by atoms with van der Waals surface area (Å²) in [4.78, 5) is 11.0. The summed E-state index contributed by atoms with van der Waals surface area (Å²) in [5.41, 5.74) is -0.172. The number of hydrogen-bond acceptors (Lipinski definition) is 2. The van der Waals surface area contributed by atoms with Crippen molar-refractivity contribution in [1.29, 1.82) is 0 Å². The van der Waals surface area contributed by atoms with Gasteiger partial charge >= 0.3 is 0 Å². The summed E-state index contributed by atoms with van der Waals surface area (Å²) in [6.45, 7) is 3.87. The number of rotatable bonds is 2. The largest absolute Gasteiger partial charge is 0.268 e. The molecule has 1 aromatic heterocycles. The summed E-state index contributed by atoms with van der Waals surface area (Å²) in [5, 5.41) is 4.07. The molecular formula is C7H7ClN2O. The molecule has 0 aliphatic rings. The average Bonchev–Trinajstić information content (AvgIpc) is 1.98. The summed E-state index contributed by atoms with van der Waals surface area (Å²) in [7, 11) is 0. The molecule has 0 bridgehead atoms. The van der Waals surface area contributed by atoms with Gasteiger partial charge in [-0.15, -0.1) is 6.58 Å². The quantitative estimate of drug-likeness (QED) is 0.623. The number of hydrogen-bond donors (Lipinski definition) is 0. The Hall–Kier alpha value is -1.09. The SMILES string of the molecule is C=CCn1nc(Cl)ccc1=O. The van der Waals surface area contributed by atoms with Gasteiger partial charge in [0.2, 0.25) is 0 Å². The van der Waals surface area contributed by atoms with Crippen molar-refractivity contribution in [3.05, 3.63) is 40.3 Å². The summed E-state index contributed by atoms with van der Waals surface area (Å²) in [6.07, 6.45) is 1.59. The van der Waals surface area contributed by atoms with Crippen LogP contribution >= 0.6 is 11.6 Å². The lowest BCUT2D eigenvalue weighted by molar-refractivity contribution is 0.652. The Morgan fingerprint density at radius 1 is 1.73 bits per heavy atom. The molecule has 11 heavy (non-hydrogen) atoms. The van der Waals surface area contributed by atoms with Gasteiger partial charge in [-0.05, 0) is 6.07 Å². The van der Waals surface area contributed by atoms with Gasteiger partial charge in [0.15, 0.2) is 0 Å². The molecule has 0 spiro atoms. The van der Waals surface area contributed by atoms with E-state index in [0.717, 1.165) is 0 Å². The third kappa shape index (κ3) is 1.91. The van der Waals surface area contributed by atoms with Crippen LogP contribution in [0.3, 0.4) is 0 Å². The van der Waals surface area contributed by atoms with Gasteiger partial charge < -0.3 is 0 Å². The lowest BCUT2D eigenvalue weighted by Gasteiger charge is -1.98. The predicted octanol–water partition coefficient (Wildman–Crippen LogP) is 1.08. The first kappa shape index (κ1) is 8.01. The molecular weight excluding hydrogens is 164 g/mol. The highest BCUT2D eigenvalue weighted by atomic mass is 35.5. The second-order valence-electron chi connectivity index (χ2n) is 1.97. The monoisotopic (exact) mass is 170 g/mol. The minimum absolute atomic E-state index is 0.172. The van der Waals surface area contributed by atoms with Crippen LogP contribution in [0.2, 0.25) is 5.15 Å². The van der Waals surface area contributed by atoms with Gasteiger partial charge in [0.05, 0.1) is 6.54 Å². The van der Waals surface area contributed by atoms with Gasteiger partial charge in [-0.25, -0.2) is 4.68 Å². The van der Waals surface area contributed by atoms with E-state index in [1.807, 2.05) is 0 Å². The Labute approximate surface area is 68.9 Å². The normalized spacial score (nSPS) is 9.55. The molecule has 0 aromatic carbocycles. The van der Waals surface area contributed by atoms with Gasteiger partial charge in [0.25, 0.3) is 5.56 Å². The number of halogens is 1. The molecule has 0 aliphatic heterocycles. The molecule has 0 fully saturated rings. The number of aromatic nitrogens is 2. The first-order chi connectivity index (χ1) is 5.24. The van der Waals surface area contributed by atoms with E-state index >= 15 is 0 Å². The molecule has 0 amide bonds. The van der Waals surface area contributed by atoms with E-state index in [9.17, 15) is 4.79 Å². The minimum Gasteiger partial charge on any atom is -0.268 e. The van der Waals surface area contributed by atoms with Crippen LogP contribution in [-0.2, 0) is 6.54 Å². The lowest BCUT2D eigenvalue weighted by atomic mass is 10.5. The molecule has 4 heteroatoms. The second kappa shape index (κ2) is 3.34. The van der Waals surface area contributed by atoms with Crippen LogP contribution in [0.1, 0.15) is 0 Å². The third-order valence-electron chi connectivity index (χ3n) is 1.14. The lowest BCUT2D eigenvalue weighted by Crippen LogP contribution is -2.20. The highest BCUT2D eigenvalue weighted by Gasteiger charge is 1.94. The average molecular weight is 171 g/mol. The van der Waals surface area contributed by atoms with Crippen molar-refractivity contribution < 1.29 is 0 Å². The van der Waals surface area contributed by atoms with E-state index in [4.69, 9.17) is 11.6 Å². The fourth-order valence-corrected chi connectivity index (χ4v) is 0.831. The van der Waals surface area contributed by atoms with E-state index in [-0.39, 0.29) is 5.56 Å². The smallest absolute Gasteiger partial charge is 0.267 e. The standard InChI is InChI=1S/C7H7ClN2O/c1-2-5-10-7(11)4-3-6(8)9-10/h2-4H,1,5H2. The van der Waals surface area contributed by atoms with E-state index in [0.29, 0.717) is 11.7 Å². The van der Waals surface area contributed by atoms with Crippen LogP contribution in [0.5, 0.6) is 0 Å². The van der Waals surface area contributed by atoms with Crippen LogP contribution in [-0.4, -0.2) is 9.78 Å². The maximum absolute atomic E-state index is 11.0. The van der Waals surface area contributed by atoms with Crippen molar-refractivity contribution in [2.75, 3.05) is 0 Å². The third-order valence-corrected chi connectivity index (χ3v) is 1.34. The summed E-state index contributed by atoms with van der Waals surface area (Å²) in [5.74, 6) is 0. The van der Waals surface area contributed by atoms with Crippen molar-refractivity contribution in [2.45, 2.75) is 6.54 Å². The van der Waals surface area contributed by atoms with Crippen molar-refractivity contribution in [3.63, 3.8) is 0 Å². The van der Waals surface area contributed by atoms with Gasteiger partial charge in [-0.3, -0.25) is 4.79 Å². The molecule has 0 saturated carbocycles. The van der Waals surface area contributed by atoms with Crippen molar-refractivity contribution in [2.24, 2.45) is 0 Å². The molecule has 0 atom stereocenters. The highest BCUT2D eigenvalue weighted by molar-refractivity contribution is 6.29. The molecule has 0 aliphatic carbocycles. The van der Waals surface area contributed by atoms with E-state index < -0.39 is 0 Å². The minimum atomic E-state index is -0.172. The first-order valence-corrected chi connectivity index (χ1v) is 3.46. The van der Waals surface area contributed by atoms with Gasteiger partial charge in [0, 0.05) is 6.07 Å². The summed E-state index contributed by atoms with van der Waals surface area (Å²) in [6, 6.07) is 2.84. The van der Waals surface area contributed by atoms with Crippen molar-refractivity contribution in [1.82, 2.24) is 9.78 Å². The number of nitrogens with zero attached hydrogens (tertiary/aromatic N) is 2. The Bertz CT molecular complexity index is 318. The molecule has 58 valence electrons. The Kier molecular flexibility index (Phi) is 2.44. The van der Waals surface area contributed by atoms with Crippen LogP contribution in [0.15, 0.2) is 29.6 Å². The topological polar surface area (TPSA) is 34.9 Å². The molecule has 0 unspecified atom stereocenters. The van der Waals surface area contributed by atoms with E-state index in [2.05, 4.69) is 11.7 Å². The molecule has 0 N–H and O–H groups in total. The summed E-state index contributed by atoms with van der Waals surface area (Å²) < 4.78 is 1.25.